The molecular weight excluding hydrogens is 344 g/mol. The topological polar surface area (TPSA) is 95.0 Å². The molecule has 0 aromatic carbocycles. The Hall–Kier alpha value is -1.15. The van der Waals surface area contributed by atoms with Crippen molar-refractivity contribution in [3.8, 4) is 0 Å². The highest BCUT2D eigenvalue weighted by molar-refractivity contribution is 7.89. The lowest BCUT2D eigenvalue weighted by Gasteiger charge is -2.38. The van der Waals surface area contributed by atoms with Crippen LogP contribution in [0.15, 0.2) is 0 Å². The van der Waals surface area contributed by atoms with Gasteiger partial charge in [0, 0.05) is 19.1 Å². The van der Waals surface area contributed by atoms with E-state index in [2.05, 4.69) is 0 Å². The minimum absolute atomic E-state index is 0.0144. The molecule has 4 unspecified atom stereocenters. The van der Waals surface area contributed by atoms with E-state index in [1.165, 1.54) is 4.31 Å². The smallest absolute Gasteiger partial charge is 0.326 e. The molecule has 0 radical (unpaired) electrons. The Labute approximate surface area is 149 Å². The van der Waals surface area contributed by atoms with Gasteiger partial charge in [-0.2, -0.15) is 0 Å². The van der Waals surface area contributed by atoms with Crippen LogP contribution in [-0.4, -0.2) is 65.5 Å². The number of carboxylic acids is 1. The Morgan fingerprint density at radius 2 is 1.84 bits per heavy atom. The summed E-state index contributed by atoms with van der Waals surface area (Å²) in [6, 6.07) is -0.737. The second kappa shape index (κ2) is 7.23. The molecule has 0 aromatic rings. The zero-order valence-electron chi connectivity index (χ0n) is 14.8. The molecule has 1 aliphatic carbocycles. The van der Waals surface area contributed by atoms with Gasteiger partial charge < -0.3 is 10.0 Å². The lowest BCUT2D eigenvalue weighted by Crippen LogP contribution is -2.52. The number of hydrogen-bond donors (Lipinski definition) is 1. The fraction of sp³-hybridized carbons (Fsp3) is 0.882. The fourth-order valence-electron chi connectivity index (χ4n) is 4.79. The summed E-state index contributed by atoms with van der Waals surface area (Å²) in [5, 5.41) is 9.60. The fourth-order valence-corrected chi connectivity index (χ4v) is 5.97. The van der Waals surface area contributed by atoms with Crippen molar-refractivity contribution >= 4 is 21.9 Å². The van der Waals surface area contributed by atoms with E-state index in [9.17, 15) is 23.1 Å². The number of amides is 1. The molecule has 4 atom stereocenters. The maximum Gasteiger partial charge on any atom is 0.326 e. The molecule has 0 bridgehead atoms. The summed E-state index contributed by atoms with van der Waals surface area (Å²) in [5.74, 6) is -1.20. The van der Waals surface area contributed by atoms with Crippen molar-refractivity contribution in [1.29, 1.82) is 0 Å². The van der Waals surface area contributed by atoms with Gasteiger partial charge in [-0.15, -0.1) is 0 Å². The molecule has 1 amide bonds. The van der Waals surface area contributed by atoms with Gasteiger partial charge in [0.05, 0.1) is 11.7 Å². The maximum absolute atomic E-state index is 13.2. The number of fused-ring (bicyclic) bond motifs is 1. The molecule has 7 nitrogen and oxygen atoms in total. The summed E-state index contributed by atoms with van der Waals surface area (Å²) in [4.78, 5) is 26.5. The van der Waals surface area contributed by atoms with Crippen molar-refractivity contribution in [2.75, 3.05) is 18.8 Å². The Balaban J connectivity index is 1.79. The second-order valence-electron chi connectivity index (χ2n) is 7.54. The average Bonchev–Trinajstić information content (AvgIpc) is 3.01. The molecule has 1 saturated carbocycles. The van der Waals surface area contributed by atoms with Crippen LogP contribution >= 0.6 is 0 Å². The molecular formula is C17H28N2O5S. The van der Waals surface area contributed by atoms with Crippen LogP contribution in [0.1, 0.15) is 51.9 Å². The number of nitrogens with zero attached hydrogens (tertiary/aromatic N) is 2. The van der Waals surface area contributed by atoms with Gasteiger partial charge in [0.15, 0.2) is 0 Å². The second-order valence-corrected chi connectivity index (χ2v) is 9.80. The van der Waals surface area contributed by atoms with Gasteiger partial charge in [0.25, 0.3) is 0 Å². The molecule has 2 heterocycles. The largest absolute Gasteiger partial charge is 0.480 e. The van der Waals surface area contributed by atoms with E-state index < -0.39 is 28.0 Å². The SMILES string of the molecule is CCS(=O)(=O)N1CCCC(C(=O)N2C(C(=O)O)CC3CCCCC32)C1. The first-order valence-electron chi connectivity index (χ1n) is 9.38. The van der Waals surface area contributed by atoms with Crippen LogP contribution in [0.4, 0.5) is 0 Å². The quantitative estimate of drug-likeness (QED) is 0.802. The third kappa shape index (κ3) is 3.56. The molecule has 2 saturated heterocycles. The molecule has 3 aliphatic rings. The molecule has 1 N–H and O–H groups in total. The molecule has 8 heteroatoms. The van der Waals surface area contributed by atoms with Crippen LogP contribution in [0, 0.1) is 11.8 Å². The number of hydrogen-bond acceptors (Lipinski definition) is 4. The summed E-state index contributed by atoms with van der Waals surface area (Å²) in [6.07, 6.45) is 5.79. The summed E-state index contributed by atoms with van der Waals surface area (Å²) in [6.45, 7) is 2.25. The van der Waals surface area contributed by atoms with Crippen molar-refractivity contribution in [2.45, 2.75) is 64.0 Å². The predicted molar refractivity (Wildman–Crippen MR) is 92.4 cm³/mol. The maximum atomic E-state index is 13.2. The Bertz CT molecular complexity index is 635. The van der Waals surface area contributed by atoms with Crippen LogP contribution < -0.4 is 0 Å². The Kier molecular flexibility index (Phi) is 5.39. The normalized spacial score (nSPS) is 33.9. The molecule has 25 heavy (non-hydrogen) atoms. The number of piperidine rings is 1. The number of likely N-dealkylation sites (tertiary alicyclic amines) is 1. The molecule has 3 rings (SSSR count). The minimum Gasteiger partial charge on any atom is -0.480 e. The van der Waals surface area contributed by atoms with Crippen LogP contribution in [0.25, 0.3) is 0 Å². The highest BCUT2D eigenvalue weighted by Gasteiger charge is 2.49. The third-order valence-corrected chi connectivity index (χ3v) is 7.97. The zero-order valence-corrected chi connectivity index (χ0v) is 15.6. The van der Waals surface area contributed by atoms with Crippen molar-refractivity contribution in [1.82, 2.24) is 9.21 Å². The first-order valence-corrected chi connectivity index (χ1v) is 11.0. The van der Waals surface area contributed by atoms with Crippen molar-refractivity contribution in [3.05, 3.63) is 0 Å². The summed E-state index contributed by atoms with van der Waals surface area (Å²) in [7, 11) is -3.32. The van der Waals surface area contributed by atoms with Gasteiger partial charge in [-0.1, -0.05) is 12.8 Å². The number of rotatable bonds is 4. The van der Waals surface area contributed by atoms with Crippen LogP contribution in [0.5, 0.6) is 0 Å². The van der Waals surface area contributed by atoms with E-state index in [-0.39, 0.29) is 30.2 Å². The van der Waals surface area contributed by atoms with E-state index in [0.29, 0.717) is 25.8 Å². The van der Waals surface area contributed by atoms with E-state index in [4.69, 9.17) is 0 Å². The highest BCUT2D eigenvalue weighted by atomic mass is 32.2. The molecule has 3 fully saturated rings. The van der Waals surface area contributed by atoms with E-state index in [1.54, 1.807) is 11.8 Å². The number of aliphatic carboxylic acids is 1. The first-order chi connectivity index (χ1) is 11.8. The summed E-state index contributed by atoms with van der Waals surface area (Å²) < 4.78 is 25.7. The molecule has 0 spiro atoms. The summed E-state index contributed by atoms with van der Waals surface area (Å²) in [5.41, 5.74) is 0. The van der Waals surface area contributed by atoms with Gasteiger partial charge in [0.2, 0.25) is 15.9 Å². The van der Waals surface area contributed by atoms with Gasteiger partial charge in [-0.3, -0.25) is 4.79 Å². The van der Waals surface area contributed by atoms with Crippen molar-refractivity contribution in [3.63, 3.8) is 0 Å². The standard InChI is InChI=1S/C17H28N2O5S/c1-2-25(23,24)18-9-5-7-13(11-18)16(20)19-14-8-4-3-6-12(14)10-15(19)17(21)22/h12-15H,2-11H2,1H3,(H,21,22). The third-order valence-electron chi connectivity index (χ3n) is 6.12. The van der Waals surface area contributed by atoms with E-state index in [0.717, 1.165) is 25.7 Å². The zero-order chi connectivity index (χ0) is 18.2. The van der Waals surface area contributed by atoms with Gasteiger partial charge in [0.1, 0.15) is 6.04 Å². The van der Waals surface area contributed by atoms with E-state index >= 15 is 0 Å². The van der Waals surface area contributed by atoms with Gasteiger partial charge >= 0.3 is 5.97 Å². The lowest BCUT2D eigenvalue weighted by atomic mass is 9.84. The Morgan fingerprint density at radius 1 is 1.12 bits per heavy atom. The first kappa shape index (κ1) is 18.6. The summed E-state index contributed by atoms with van der Waals surface area (Å²) >= 11 is 0. The van der Waals surface area contributed by atoms with Crippen LogP contribution in [0.3, 0.4) is 0 Å². The van der Waals surface area contributed by atoms with Crippen LogP contribution in [0.2, 0.25) is 0 Å². The van der Waals surface area contributed by atoms with Gasteiger partial charge in [-0.25, -0.2) is 17.5 Å². The lowest BCUT2D eigenvalue weighted by molar-refractivity contribution is -0.152. The number of carbonyl (C=O) groups excluding carboxylic acids is 1. The van der Waals surface area contributed by atoms with Crippen LogP contribution in [-0.2, 0) is 19.6 Å². The minimum atomic E-state index is -3.32. The highest BCUT2D eigenvalue weighted by Crippen LogP contribution is 2.41. The Morgan fingerprint density at radius 3 is 2.52 bits per heavy atom. The van der Waals surface area contributed by atoms with E-state index in [1.807, 2.05) is 0 Å². The monoisotopic (exact) mass is 372 g/mol. The molecule has 0 aromatic heterocycles. The molecule has 2 aliphatic heterocycles. The molecule has 142 valence electrons. The number of carboxylic acid groups (broad SMARTS) is 1. The number of sulfonamides is 1. The van der Waals surface area contributed by atoms with Crippen molar-refractivity contribution < 1.29 is 23.1 Å². The van der Waals surface area contributed by atoms with Gasteiger partial charge in [-0.05, 0) is 44.9 Å². The predicted octanol–water partition coefficient (Wildman–Crippen LogP) is 1.29. The number of carbonyl (C=O) groups is 2. The average molecular weight is 372 g/mol. The van der Waals surface area contributed by atoms with Crippen molar-refractivity contribution in [2.24, 2.45) is 11.8 Å².